The highest BCUT2D eigenvalue weighted by molar-refractivity contribution is 7.89. The smallest absolute Gasteiger partial charge is 0.240 e. The van der Waals surface area contributed by atoms with E-state index in [0.717, 1.165) is 12.8 Å². The highest BCUT2D eigenvalue weighted by Gasteiger charge is 2.15. The number of sulfonamides is 1. The fraction of sp³-hybridized carbons (Fsp3) is 0.533. The summed E-state index contributed by atoms with van der Waals surface area (Å²) >= 11 is 0. The van der Waals surface area contributed by atoms with Crippen LogP contribution >= 0.6 is 0 Å². The molecule has 1 aromatic carbocycles. The number of benzene rings is 1. The summed E-state index contributed by atoms with van der Waals surface area (Å²) in [5.41, 5.74) is 0.600. The maximum absolute atomic E-state index is 12.1. The van der Waals surface area contributed by atoms with Gasteiger partial charge >= 0.3 is 0 Å². The number of carbonyl (C=O) groups excluding carboxylic acids is 1. The predicted molar refractivity (Wildman–Crippen MR) is 80.3 cm³/mol. The van der Waals surface area contributed by atoms with Crippen molar-refractivity contribution >= 4 is 15.8 Å². The molecule has 0 saturated carbocycles. The molecule has 1 rings (SSSR count). The molecule has 20 heavy (non-hydrogen) atoms. The van der Waals surface area contributed by atoms with E-state index in [0.29, 0.717) is 12.1 Å². The van der Waals surface area contributed by atoms with Crippen LogP contribution in [-0.2, 0) is 10.0 Å². The summed E-state index contributed by atoms with van der Waals surface area (Å²) in [6.45, 7) is 8.19. The van der Waals surface area contributed by atoms with Crippen LogP contribution in [0.3, 0.4) is 0 Å². The Morgan fingerprint density at radius 2 is 1.90 bits per heavy atom. The Morgan fingerprint density at radius 3 is 2.45 bits per heavy atom. The molecule has 0 aliphatic rings. The molecule has 1 N–H and O–H groups in total. The molecule has 0 radical (unpaired) electrons. The summed E-state index contributed by atoms with van der Waals surface area (Å²) in [6, 6.07) is 6.11. The molecule has 1 aromatic rings. The fourth-order valence-corrected chi connectivity index (χ4v) is 2.91. The van der Waals surface area contributed by atoms with Crippen LogP contribution in [0.2, 0.25) is 0 Å². The first-order valence-corrected chi connectivity index (χ1v) is 8.21. The van der Waals surface area contributed by atoms with Gasteiger partial charge in [-0.05, 0) is 37.3 Å². The van der Waals surface area contributed by atoms with E-state index < -0.39 is 10.0 Å². The third-order valence-corrected chi connectivity index (χ3v) is 4.41. The van der Waals surface area contributed by atoms with Crippen molar-refractivity contribution in [2.75, 3.05) is 6.54 Å². The monoisotopic (exact) mass is 297 g/mol. The minimum atomic E-state index is -3.54. The highest BCUT2D eigenvalue weighted by atomic mass is 32.2. The van der Waals surface area contributed by atoms with E-state index in [-0.39, 0.29) is 16.1 Å². The first-order valence-electron chi connectivity index (χ1n) is 6.72. The molecule has 0 unspecified atom stereocenters. The summed E-state index contributed by atoms with van der Waals surface area (Å²) < 4.78 is 26.8. The number of ketones is 1. The molecule has 0 atom stereocenters. The van der Waals surface area contributed by atoms with Crippen molar-refractivity contribution in [1.29, 1.82) is 0 Å². The minimum Gasteiger partial charge on any atom is -0.295 e. The van der Waals surface area contributed by atoms with E-state index in [2.05, 4.69) is 25.5 Å². The molecule has 0 aliphatic heterocycles. The van der Waals surface area contributed by atoms with Crippen LogP contribution in [0.4, 0.5) is 0 Å². The number of Topliss-reactive ketones (excluding diaryl/α,β-unsaturated/α-hetero) is 1. The van der Waals surface area contributed by atoms with Crippen molar-refractivity contribution in [2.45, 2.75) is 45.4 Å². The third-order valence-electron chi connectivity index (χ3n) is 2.95. The van der Waals surface area contributed by atoms with Crippen LogP contribution in [0.1, 0.15) is 50.9 Å². The first kappa shape index (κ1) is 16.9. The summed E-state index contributed by atoms with van der Waals surface area (Å²) in [6.07, 6.45) is 1.73. The molecule has 0 fully saturated rings. The van der Waals surface area contributed by atoms with Crippen LogP contribution in [-0.4, -0.2) is 20.7 Å². The van der Waals surface area contributed by atoms with Crippen molar-refractivity contribution in [3.05, 3.63) is 29.8 Å². The van der Waals surface area contributed by atoms with E-state index in [4.69, 9.17) is 0 Å². The normalized spacial score (nSPS) is 12.4. The zero-order valence-corrected chi connectivity index (χ0v) is 13.4. The van der Waals surface area contributed by atoms with Gasteiger partial charge in [-0.15, -0.1) is 0 Å². The van der Waals surface area contributed by atoms with E-state index in [9.17, 15) is 13.2 Å². The number of hydrogen-bond acceptors (Lipinski definition) is 3. The molecule has 0 saturated heterocycles. The second-order valence-electron chi connectivity index (χ2n) is 6.15. The second kappa shape index (κ2) is 6.50. The van der Waals surface area contributed by atoms with Gasteiger partial charge in [0.05, 0.1) is 4.90 Å². The SMILES string of the molecule is CC(=O)c1cccc(S(=O)(=O)NCCCC(C)(C)C)c1. The predicted octanol–water partition coefficient (Wildman–Crippen LogP) is 2.99. The van der Waals surface area contributed by atoms with Gasteiger partial charge in [0.2, 0.25) is 10.0 Å². The topological polar surface area (TPSA) is 63.2 Å². The Kier molecular flexibility index (Phi) is 5.48. The van der Waals surface area contributed by atoms with Crippen molar-refractivity contribution in [1.82, 2.24) is 4.72 Å². The minimum absolute atomic E-state index is 0.140. The molecule has 0 bridgehead atoms. The van der Waals surface area contributed by atoms with Gasteiger partial charge in [0.25, 0.3) is 0 Å². The molecule has 0 amide bonds. The standard InChI is InChI=1S/C15H23NO3S/c1-12(17)13-7-5-8-14(11-13)20(18,19)16-10-6-9-15(2,3)4/h5,7-8,11,16H,6,9-10H2,1-4H3. The molecular weight excluding hydrogens is 274 g/mol. The van der Waals surface area contributed by atoms with E-state index in [1.807, 2.05) is 0 Å². The maximum Gasteiger partial charge on any atom is 0.240 e. The molecule has 112 valence electrons. The van der Waals surface area contributed by atoms with Crippen molar-refractivity contribution < 1.29 is 13.2 Å². The zero-order valence-electron chi connectivity index (χ0n) is 12.6. The molecule has 0 aliphatic carbocycles. The number of rotatable bonds is 6. The molecule has 0 heterocycles. The lowest BCUT2D eigenvalue weighted by molar-refractivity contribution is 0.101. The lowest BCUT2D eigenvalue weighted by atomic mass is 9.91. The van der Waals surface area contributed by atoms with Crippen molar-refractivity contribution in [2.24, 2.45) is 5.41 Å². The summed E-state index contributed by atoms with van der Waals surface area (Å²) in [5, 5.41) is 0. The Labute approximate surface area is 121 Å². The fourth-order valence-electron chi connectivity index (χ4n) is 1.79. The summed E-state index contributed by atoms with van der Waals surface area (Å²) in [5.74, 6) is -0.144. The Balaban J connectivity index is 2.70. The largest absolute Gasteiger partial charge is 0.295 e. The van der Waals surface area contributed by atoms with E-state index in [1.165, 1.54) is 19.1 Å². The summed E-state index contributed by atoms with van der Waals surface area (Å²) in [4.78, 5) is 11.4. The third kappa shape index (κ3) is 5.43. The molecule has 0 spiro atoms. The zero-order chi connectivity index (χ0) is 15.4. The van der Waals surface area contributed by atoms with Gasteiger partial charge < -0.3 is 0 Å². The lowest BCUT2D eigenvalue weighted by Crippen LogP contribution is -2.25. The van der Waals surface area contributed by atoms with Crippen LogP contribution < -0.4 is 4.72 Å². The first-order chi connectivity index (χ1) is 9.12. The second-order valence-corrected chi connectivity index (χ2v) is 7.91. The number of nitrogens with one attached hydrogen (secondary N) is 1. The van der Waals surface area contributed by atoms with Crippen molar-refractivity contribution in [3.8, 4) is 0 Å². The lowest BCUT2D eigenvalue weighted by Gasteiger charge is -2.17. The van der Waals surface area contributed by atoms with Gasteiger partial charge in [-0.25, -0.2) is 13.1 Å². The van der Waals surface area contributed by atoms with Crippen LogP contribution in [0.25, 0.3) is 0 Å². The Bertz CT molecular complexity index is 571. The van der Waals surface area contributed by atoms with Gasteiger partial charge in [-0.3, -0.25) is 4.79 Å². The van der Waals surface area contributed by atoms with Crippen molar-refractivity contribution in [3.63, 3.8) is 0 Å². The molecule has 4 nitrogen and oxygen atoms in total. The van der Waals surface area contributed by atoms with Gasteiger partial charge in [-0.1, -0.05) is 32.9 Å². The average Bonchev–Trinajstić information content (AvgIpc) is 2.34. The van der Waals surface area contributed by atoms with Gasteiger partial charge in [0, 0.05) is 12.1 Å². The van der Waals surface area contributed by atoms with E-state index >= 15 is 0 Å². The average molecular weight is 297 g/mol. The quantitative estimate of drug-likeness (QED) is 0.648. The van der Waals surface area contributed by atoms with Gasteiger partial charge in [-0.2, -0.15) is 0 Å². The number of carbonyl (C=O) groups is 1. The summed E-state index contributed by atoms with van der Waals surface area (Å²) in [7, 11) is -3.54. The molecular formula is C15H23NO3S. The molecule has 5 heteroatoms. The van der Waals surface area contributed by atoms with Crippen LogP contribution in [0, 0.1) is 5.41 Å². The van der Waals surface area contributed by atoms with Crippen LogP contribution in [0.15, 0.2) is 29.2 Å². The molecule has 0 aromatic heterocycles. The van der Waals surface area contributed by atoms with Gasteiger partial charge in [0.15, 0.2) is 5.78 Å². The number of hydrogen-bond donors (Lipinski definition) is 1. The van der Waals surface area contributed by atoms with Gasteiger partial charge in [0.1, 0.15) is 0 Å². The Morgan fingerprint density at radius 1 is 1.25 bits per heavy atom. The van der Waals surface area contributed by atoms with Crippen LogP contribution in [0.5, 0.6) is 0 Å². The Hall–Kier alpha value is -1.20. The maximum atomic E-state index is 12.1. The van der Waals surface area contributed by atoms with E-state index in [1.54, 1.807) is 12.1 Å². The highest BCUT2D eigenvalue weighted by Crippen LogP contribution is 2.20.